The molecule has 0 aliphatic heterocycles. The Bertz CT molecular complexity index is 580. The summed E-state index contributed by atoms with van der Waals surface area (Å²) in [5.74, 6) is 0. The summed E-state index contributed by atoms with van der Waals surface area (Å²) in [6, 6.07) is 15.8. The van der Waals surface area contributed by atoms with Gasteiger partial charge in [-0.05, 0) is 83.8 Å². The summed E-state index contributed by atoms with van der Waals surface area (Å²) >= 11 is 5.94. The van der Waals surface area contributed by atoms with Gasteiger partial charge in [-0.25, -0.2) is 0 Å². The second-order valence-corrected chi connectivity index (χ2v) is 7.45. The van der Waals surface area contributed by atoms with Gasteiger partial charge in [-0.1, -0.05) is 47.1 Å². The number of benzene rings is 2. The lowest BCUT2D eigenvalue weighted by atomic mass is 9.97. The van der Waals surface area contributed by atoms with Crippen molar-refractivity contribution < 1.29 is 0 Å². The topological polar surface area (TPSA) is 12.0 Å². The Kier molecular flexibility index (Phi) is 6.71. The van der Waals surface area contributed by atoms with Gasteiger partial charge in [0.05, 0.1) is 0 Å². The molecule has 0 aliphatic carbocycles. The monoisotopic (exact) mass is 457 g/mol. The first-order valence-corrected chi connectivity index (χ1v) is 9.21. The lowest BCUT2D eigenvalue weighted by Crippen LogP contribution is -2.24. The number of hydrogen-bond donors (Lipinski definition) is 1. The zero-order valence-corrected chi connectivity index (χ0v) is 16.2. The van der Waals surface area contributed by atoms with Crippen molar-refractivity contribution in [2.75, 3.05) is 6.54 Å². The summed E-state index contributed by atoms with van der Waals surface area (Å²) < 4.78 is 2.46. The van der Waals surface area contributed by atoms with Crippen LogP contribution in [0.15, 0.2) is 46.9 Å². The van der Waals surface area contributed by atoms with Gasteiger partial charge < -0.3 is 5.32 Å². The number of nitrogens with one attached hydrogen (secondary N) is 1. The van der Waals surface area contributed by atoms with Crippen LogP contribution in [0, 0.1) is 10.5 Å². The maximum Gasteiger partial charge on any atom is 0.0360 e. The molecule has 0 fully saturated rings. The Balaban J connectivity index is 2.20. The molecular formula is C18H21BrIN. The quantitative estimate of drug-likeness (QED) is 0.553. The number of aryl methyl sites for hydroxylation is 1. The van der Waals surface area contributed by atoms with Gasteiger partial charge in [0.15, 0.2) is 0 Å². The molecule has 0 aromatic heterocycles. The average molecular weight is 458 g/mol. The smallest absolute Gasteiger partial charge is 0.0360 e. The zero-order valence-electron chi connectivity index (χ0n) is 12.5. The summed E-state index contributed by atoms with van der Waals surface area (Å²) in [7, 11) is 0. The molecule has 0 spiro atoms. The van der Waals surface area contributed by atoms with Gasteiger partial charge in [-0.2, -0.15) is 0 Å². The lowest BCUT2D eigenvalue weighted by molar-refractivity contribution is 0.529. The molecule has 0 aliphatic rings. The molecule has 2 rings (SSSR count). The van der Waals surface area contributed by atoms with E-state index in [4.69, 9.17) is 0 Å². The molecule has 0 bridgehead atoms. The van der Waals surface area contributed by atoms with E-state index in [0.29, 0.717) is 6.04 Å². The molecule has 21 heavy (non-hydrogen) atoms. The van der Waals surface area contributed by atoms with Crippen LogP contribution in [-0.2, 0) is 6.42 Å². The highest BCUT2D eigenvalue weighted by Crippen LogP contribution is 2.24. The molecule has 2 aromatic carbocycles. The van der Waals surface area contributed by atoms with Crippen LogP contribution >= 0.6 is 38.5 Å². The molecule has 0 amide bonds. The predicted molar refractivity (Wildman–Crippen MR) is 103 cm³/mol. The summed E-state index contributed by atoms with van der Waals surface area (Å²) in [5.41, 5.74) is 4.03. The maximum atomic E-state index is 3.68. The second kappa shape index (κ2) is 8.30. The summed E-state index contributed by atoms with van der Waals surface area (Å²) in [6.07, 6.45) is 2.18. The third-order valence-corrected chi connectivity index (χ3v) is 5.19. The van der Waals surface area contributed by atoms with Gasteiger partial charge in [0.1, 0.15) is 0 Å². The normalized spacial score (nSPS) is 12.4. The van der Waals surface area contributed by atoms with Crippen molar-refractivity contribution in [2.24, 2.45) is 0 Å². The van der Waals surface area contributed by atoms with Gasteiger partial charge in [0.2, 0.25) is 0 Å². The minimum absolute atomic E-state index is 0.372. The van der Waals surface area contributed by atoms with E-state index in [0.717, 1.165) is 19.4 Å². The van der Waals surface area contributed by atoms with E-state index in [1.165, 1.54) is 24.7 Å². The SMILES string of the molecule is CCCNC(Cc1ccc(I)cc1)c1ccc(Br)c(C)c1. The van der Waals surface area contributed by atoms with Crippen LogP contribution in [0.2, 0.25) is 0 Å². The van der Waals surface area contributed by atoms with Crippen molar-refractivity contribution in [3.05, 3.63) is 67.2 Å². The molecule has 0 saturated heterocycles. The minimum Gasteiger partial charge on any atom is -0.310 e. The van der Waals surface area contributed by atoms with E-state index in [9.17, 15) is 0 Å². The Morgan fingerprint density at radius 3 is 2.48 bits per heavy atom. The fourth-order valence-corrected chi connectivity index (χ4v) is 2.97. The lowest BCUT2D eigenvalue weighted by Gasteiger charge is -2.20. The summed E-state index contributed by atoms with van der Waals surface area (Å²) in [6.45, 7) is 5.40. The molecule has 0 heterocycles. The van der Waals surface area contributed by atoms with Crippen molar-refractivity contribution in [2.45, 2.75) is 32.7 Å². The van der Waals surface area contributed by atoms with Gasteiger partial charge >= 0.3 is 0 Å². The van der Waals surface area contributed by atoms with Gasteiger partial charge in [-0.15, -0.1) is 0 Å². The van der Waals surface area contributed by atoms with E-state index in [2.05, 4.69) is 100 Å². The number of halogens is 2. The standard InChI is InChI=1S/C18H21BrIN/c1-3-10-21-18(12-14-4-7-16(20)8-5-14)15-6-9-17(19)13(2)11-15/h4-9,11,18,21H,3,10,12H2,1-2H3. The van der Waals surface area contributed by atoms with Gasteiger partial charge in [0, 0.05) is 14.1 Å². The van der Waals surface area contributed by atoms with Crippen molar-refractivity contribution in [1.29, 1.82) is 0 Å². The van der Waals surface area contributed by atoms with Crippen LogP contribution in [0.5, 0.6) is 0 Å². The van der Waals surface area contributed by atoms with Crippen LogP contribution in [0.3, 0.4) is 0 Å². The highest BCUT2D eigenvalue weighted by Gasteiger charge is 2.12. The summed E-state index contributed by atoms with van der Waals surface area (Å²) in [4.78, 5) is 0. The van der Waals surface area contributed by atoms with Gasteiger partial charge in [-0.3, -0.25) is 0 Å². The van der Waals surface area contributed by atoms with Crippen LogP contribution in [0.1, 0.15) is 36.1 Å². The Hall–Kier alpha value is -0.390. The molecule has 1 nitrogen and oxygen atoms in total. The molecule has 112 valence electrons. The van der Waals surface area contributed by atoms with Crippen LogP contribution in [0.25, 0.3) is 0 Å². The number of hydrogen-bond acceptors (Lipinski definition) is 1. The van der Waals surface area contributed by atoms with E-state index < -0.39 is 0 Å². The van der Waals surface area contributed by atoms with Crippen molar-refractivity contribution in [1.82, 2.24) is 5.32 Å². The Morgan fingerprint density at radius 2 is 1.86 bits per heavy atom. The van der Waals surface area contributed by atoms with E-state index in [1.54, 1.807) is 0 Å². The molecule has 3 heteroatoms. The fourth-order valence-electron chi connectivity index (χ4n) is 2.37. The molecular weight excluding hydrogens is 437 g/mol. The van der Waals surface area contributed by atoms with E-state index in [1.807, 2.05) is 0 Å². The third kappa shape index (κ3) is 5.08. The van der Waals surface area contributed by atoms with Crippen LogP contribution in [0.4, 0.5) is 0 Å². The maximum absolute atomic E-state index is 3.68. The molecule has 1 atom stereocenters. The first-order chi connectivity index (χ1) is 10.1. The summed E-state index contributed by atoms with van der Waals surface area (Å²) in [5, 5.41) is 3.68. The molecule has 1 N–H and O–H groups in total. The van der Waals surface area contributed by atoms with Crippen molar-refractivity contribution in [3.8, 4) is 0 Å². The van der Waals surface area contributed by atoms with E-state index >= 15 is 0 Å². The Morgan fingerprint density at radius 1 is 1.14 bits per heavy atom. The molecule has 0 saturated carbocycles. The predicted octanol–water partition coefficient (Wildman–Crippen LogP) is 5.65. The molecule has 2 aromatic rings. The second-order valence-electron chi connectivity index (χ2n) is 5.35. The molecule has 1 unspecified atom stereocenters. The third-order valence-electron chi connectivity index (χ3n) is 3.58. The average Bonchev–Trinajstić information content (AvgIpc) is 2.48. The molecule has 0 radical (unpaired) electrons. The van der Waals surface area contributed by atoms with E-state index in [-0.39, 0.29) is 0 Å². The fraction of sp³-hybridized carbons (Fsp3) is 0.333. The highest BCUT2D eigenvalue weighted by atomic mass is 127. The minimum atomic E-state index is 0.372. The number of rotatable bonds is 6. The Labute approximate surface area is 149 Å². The van der Waals surface area contributed by atoms with Crippen molar-refractivity contribution >= 4 is 38.5 Å². The first-order valence-electron chi connectivity index (χ1n) is 7.34. The largest absolute Gasteiger partial charge is 0.310 e. The van der Waals surface area contributed by atoms with Crippen LogP contribution < -0.4 is 5.32 Å². The zero-order chi connectivity index (χ0) is 15.2. The van der Waals surface area contributed by atoms with Crippen molar-refractivity contribution in [3.63, 3.8) is 0 Å². The highest BCUT2D eigenvalue weighted by molar-refractivity contribution is 14.1. The van der Waals surface area contributed by atoms with Crippen LogP contribution in [-0.4, -0.2) is 6.54 Å². The van der Waals surface area contributed by atoms with Gasteiger partial charge in [0.25, 0.3) is 0 Å². The first kappa shape index (κ1) is 17.0.